The molecule has 0 aliphatic carbocycles. The van der Waals surface area contributed by atoms with E-state index in [0.29, 0.717) is 5.75 Å². The molecule has 0 saturated carbocycles. The highest BCUT2D eigenvalue weighted by molar-refractivity contribution is 7.99. The topological polar surface area (TPSA) is 79.7 Å². The number of aliphatic hydroxyl groups is 1. The zero-order valence-electron chi connectivity index (χ0n) is 11.2. The van der Waals surface area contributed by atoms with Gasteiger partial charge in [-0.1, -0.05) is 12.1 Å². The number of hydrogen-bond donors (Lipinski definition) is 2. The minimum Gasteiger partial charge on any atom is -0.494 e. The van der Waals surface area contributed by atoms with Gasteiger partial charge in [0.15, 0.2) is 6.10 Å². The lowest BCUT2D eigenvalue weighted by Gasteiger charge is -2.11. The maximum atomic E-state index is 10.7. The summed E-state index contributed by atoms with van der Waals surface area (Å²) >= 11 is 1.29. The summed E-state index contributed by atoms with van der Waals surface area (Å²) in [5, 5.41) is 19.0. The molecule has 2 rings (SSSR count). The molecule has 0 aliphatic rings. The first-order chi connectivity index (χ1) is 9.52. The molecule has 0 aliphatic heterocycles. The van der Waals surface area contributed by atoms with E-state index in [1.165, 1.54) is 11.8 Å². The van der Waals surface area contributed by atoms with Gasteiger partial charge in [0, 0.05) is 21.7 Å². The molecule has 106 valence electrons. The number of aryl methyl sites for hydroxylation is 1. The van der Waals surface area contributed by atoms with Gasteiger partial charge < -0.3 is 14.9 Å². The molecule has 0 radical (unpaired) electrons. The molecule has 2 aromatic rings. The predicted molar refractivity (Wildman–Crippen MR) is 77.4 cm³/mol. The van der Waals surface area contributed by atoms with Crippen LogP contribution < -0.4 is 4.74 Å². The number of carbonyl (C=O) groups is 1. The van der Waals surface area contributed by atoms with Gasteiger partial charge in [0.05, 0.1) is 7.11 Å². The molecule has 1 unspecified atom stereocenters. The summed E-state index contributed by atoms with van der Waals surface area (Å²) in [5.41, 5.74) is 1.55. The third-order valence-electron chi connectivity index (χ3n) is 2.79. The Kier molecular flexibility index (Phi) is 4.46. The van der Waals surface area contributed by atoms with E-state index >= 15 is 0 Å². The normalized spacial score (nSPS) is 12.3. The van der Waals surface area contributed by atoms with Crippen molar-refractivity contribution < 1.29 is 19.7 Å². The smallest absolute Gasteiger partial charge is 0.333 e. The van der Waals surface area contributed by atoms with Crippen LogP contribution in [-0.2, 0) is 4.79 Å². The Balaban J connectivity index is 2.40. The number of benzene rings is 1. The van der Waals surface area contributed by atoms with Gasteiger partial charge in [-0.15, -0.1) is 11.8 Å². The number of methoxy groups -OCH3 is 1. The van der Waals surface area contributed by atoms with Gasteiger partial charge in [-0.3, -0.25) is 0 Å². The van der Waals surface area contributed by atoms with E-state index < -0.39 is 12.1 Å². The van der Waals surface area contributed by atoms with E-state index in [0.717, 1.165) is 21.5 Å². The highest BCUT2D eigenvalue weighted by Crippen LogP contribution is 2.32. The number of aromatic nitrogens is 1. The van der Waals surface area contributed by atoms with Crippen LogP contribution in [0.25, 0.3) is 10.9 Å². The molecule has 0 bridgehead atoms. The fourth-order valence-corrected chi connectivity index (χ4v) is 2.89. The first-order valence-corrected chi connectivity index (χ1v) is 6.99. The molecule has 1 atom stereocenters. The number of carboxylic acids is 1. The second kappa shape index (κ2) is 6.11. The first-order valence-electron chi connectivity index (χ1n) is 6.01. The number of para-hydroxylation sites is 1. The summed E-state index contributed by atoms with van der Waals surface area (Å²) in [6.07, 6.45) is -1.38. The monoisotopic (exact) mass is 293 g/mol. The SMILES string of the molecule is COc1cccc2c(SCC(O)C(=O)O)cc(C)nc12. The van der Waals surface area contributed by atoms with E-state index in [1.807, 2.05) is 31.2 Å². The molecule has 0 amide bonds. The summed E-state index contributed by atoms with van der Waals surface area (Å²) < 4.78 is 5.29. The summed E-state index contributed by atoms with van der Waals surface area (Å²) in [5.74, 6) is -0.456. The van der Waals surface area contributed by atoms with Crippen LogP contribution in [0.15, 0.2) is 29.2 Å². The molecule has 1 aromatic heterocycles. The highest BCUT2D eigenvalue weighted by Gasteiger charge is 2.15. The second-order valence-corrected chi connectivity index (χ2v) is 5.35. The molecule has 1 aromatic carbocycles. The lowest BCUT2D eigenvalue weighted by molar-refractivity contribution is -0.145. The first kappa shape index (κ1) is 14.6. The third-order valence-corrected chi connectivity index (χ3v) is 3.93. The van der Waals surface area contributed by atoms with Crippen molar-refractivity contribution in [2.75, 3.05) is 12.9 Å². The number of thioether (sulfide) groups is 1. The van der Waals surface area contributed by atoms with Gasteiger partial charge in [-0.25, -0.2) is 9.78 Å². The number of fused-ring (bicyclic) bond motifs is 1. The average Bonchev–Trinajstić information content (AvgIpc) is 2.43. The molecule has 1 heterocycles. The van der Waals surface area contributed by atoms with Crippen LogP contribution in [0.4, 0.5) is 0 Å². The van der Waals surface area contributed by atoms with Crippen molar-refractivity contribution in [3.05, 3.63) is 30.0 Å². The van der Waals surface area contributed by atoms with Crippen LogP contribution in [-0.4, -0.2) is 40.1 Å². The maximum absolute atomic E-state index is 10.7. The van der Waals surface area contributed by atoms with E-state index in [1.54, 1.807) is 7.11 Å². The van der Waals surface area contributed by atoms with Crippen molar-refractivity contribution in [2.24, 2.45) is 0 Å². The van der Waals surface area contributed by atoms with Crippen LogP contribution in [0.5, 0.6) is 5.75 Å². The number of ether oxygens (including phenoxy) is 1. The lowest BCUT2D eigenvalue weighted by Crippen LogP contribution is -2.21. The molecular formula is C14H15NO4S. The van der Waals surface area contributed by atoms with Crippen molar-refractivity contribution in [2.45, 2.75) is 17.9 Å². The molecule has 2 N–H and O–H groups in total. The van der Waals surface area contributed by atoms with Crippen LogP contribution in [0.2, 0.25) is 0 Å². The van der Waals surface area contributed by atoms with Crippen LogP contribution >= 0.6 is 11.8 Å². The van der Waals surface area contributed by atoms with E-state index in [9.17, 15) is 9.90 Å². The minimum atomic E-state index is -1.38. The van der Waals surface area contributed by atoms with Gasteiger partial charge in [0.2, 0.25) is 0 Å². The molecule has 0 saturated heterocycles. The molecule has 6 heteroatoms. The summed E-state index contributed by atoms with van der Waals surface area (Å²) in [4.78, 5) is 16.0. The molecule has 5 nitrogen and oxygen atoms in total. The zero-order valence-corrected chi connectivity index (χ0v) is 12.0. The van der Waals surface area contributed by atoms with E-state index in [4.69, 9.17) is 9.84 Å². The average molecular weight is 293 g/mol. The molecule has 0 fully saturated rings. The fourth-order valence-electron chi connectivity index (χ4n) is 1.84. The Morgan fingerprint density at radius 3 is 2.90 bits per heavy atom. The highest BCUT2D eigenvalue weighted by atomic mass is 32.2. The van der Waals surface area contributed by atoms with Crippen LogP contribution in [0.1, 0.15) is 5.69 Å². The van der Waals surface area contributed by atoms with Gasteiger partial charge >= 0.3 is 5.97 Å². The second-order valence-electron chi connectivity index (χ2n) is 4.28. The number of aliphatic carboxylic acids is 1. The Morgan fingerprint density at radius 2 is 2.25 bits per heavy atom. The Hall–Kier alpha value is -1.79. The Labute approximate surface area is 120 Å². The number of carboxylic acid groups (broad SMARTS) is 1. The number of pyridine rings is 1. The van der Waals surface area contributed by atoms with E-state index in [2.05, 4.69) is 4.98 Å². The maximum Gasteiger partial charge on any atom is 0.333 e. The summed E-state index contributed by atoms with van der Waals surface area (Å²) in [6, 6.07) is 7.46. The van der Waals surface area contributed by atoms with Crippen molar-refractivity contribution in [1.82, 2.24) is 4.98 Å². The Morgan fingerprint density at radius 1 is 1.50 bits per heavy atom. The molecule has 0 spiro atoms. The van der Waals surface area contributed by atoms with Gasteiger partial charge in [-0.2, -0.15) is 0 Å². The van der Waals surface area contributed by atoms with Crippen molar-refractivity contribution >= 4 is 28.6 Å². The third kappa shape index (κ3) is 3.02. The van der Waals surface area contributed by atoms with Crippen LogP contribution in [0.3, 0.4) is 0 Å². The largest absolute Gasteiger partial charge is 0.494 e. The number of aliphatic hydroxyl groups excluding tert-OH is 1. The van der Waals surface area contributed by atoms with Gasteiger partial charge in [0.1, 0.15) is 11.3 Å². The van der Waals surface area contributed by atoms with Crippen molar-refractivity contribution in [1.29, 1.82) is 0 Å². The Bertz CT molecular complexity index is 644. The van der Waals surface area contributed by atoms with Crippen molar-refractivity contribution in [3.63, 3.8) is 0 Å². The van der Waals surface area contributed by atoms with Crippen molar-refractivity contribution in [3.8, 4) is 5.75 Å². The zero-order chi connectivity index (χ0) is 14.7. The standard InChI is InChI=1S/C14H15NO4S/c1-8-6-12(20-7-10(16)14(17)18)9-4-3-5-11(19-2)13(9)15-8/h3-6,10,16H,7H2,1-2H3,(H,17,18). The van der Waals surface area contributed by atoms with Gasteiger partial charge in [-0.05, 0) is 19.1 Å². The number of hydrogen-bond acceptors (Lipinski definition) is 5. The lowest BCUT2D eigenvalue weighted by atomic mass is 10.2. The van der Waals surface area contributed by atoms with Gasteiger partial charge in [0.25, 0.3) is 0 Å². The van der Waals surface area contributed by atoms with E-state index in [-0.39, 0.29) is 5.75 Å². The number of rotatable bonds is 5. The molecule has 20 heavy (non-hydrogen) atoms. The predicted octanol–water partition coefficient (Wildman–Crippen LogP) is 2.09. The number of nitrogens with zero attached hydrogens (tertiary/aromatic N) is 1. The summed E-state index contributed by atoms with van der Waals surface area (Å²) in [6.45, 7) is 1.86. The van der Waals surface area contributed by atoms with Crippen LogP contribution in [0, 0.1) is 6.92 Å². The quantitative estimate of drug-likeness (QED) is 0.822. The molecular weight excluding hydrogens is 278 g/mol. The summed E-state index contributed by atoms with van der Waals surface area (Å²) in [7, 11) is 1.58. The fraction of sp³-hybridized carbons (Fsp3) is 0.286. The minimum absolute atomic E-state index is 0.0884.